The summed E-state index contributed by atoms with van der Waals surface area (Å²) >= 11 is 0. The summed E-state index contributed by atoms with van der Waals surface area (Å²) in [6.07, 6.45) is 1.92. The van der Waals surface area contributed by atoms with Crippen LogP contribution in [0.1, 0.15) is 30.5 Å². The first kappa shape index (κ1) is 16.2. The van der Waals surface area contributed by atoms with Crippen LogP contribution >= 0.6 is 0 Å². The lowest BCUT2D eigenvalue weighted by Crippen LogP contribution is -2.32. The van der Waals surface area contributed by atoms with E-state index in [0.29, 0.717) is 0 Å². The van der Waals surface area contributed by atoms with E-state index in [4.69, 9.17) is 0 Å². The van der Waals surface area contributed by atoms with Crippen molar-refractivity contribution in [3.63, 3.8) is 0 Å². The predicted octanol–water partition coefficient (Wildman–Crippen LogP) is 5.34. The third-order valence-electron chi connectivity index (χ3n) is 6.07. The van der Waals surface area contributed by atoms with Crippen molar-refractivity contribution < 1.29 is 4.57 Å². The van der Waals surface area contributed by atoms with Crippen molar-refractivity contribution in [1.29, 1.82) is 0 Å². The summed E-state index contributed by atoms with van der Waals surface area (Å²) in [5.74, 6) is 0. The maximum absolute atomic E-state index is 4.59. The largest absolute Gasteiger partial charge is 0.287 e. The first-order valence-corrected chi connectivity index (χ1v) is 9.47. The van der Waals surface area contributed by atoms with Gasteiger partial charge in [0, 0.05) is 11.0 Å². The zero-order valence-electron chi connectivity index (χ0n) is 16.2. The number of aromatic nitrogens is 2. The van der Waals surface area contributed by atoms with E-state index in [1.54, 1.807) is 0 Å². The third-order valence-corrected chi connectivity index (χ3v) is 6.07. The summed E-state index contributed by atoms with van der Waals surface area (Å²) in [5, 5.41) is 1.19. The molecule has 1 aliphatic carbocycles. The molecular formula is C25H23N2+. The highest BCUT2D eigenvalue weighted by molar-refractivity contribution is 5.93. The predicted molar refractivity (Wildman–Crippen MR) is 111 cm³/mol. The number of aryl methyl sites for hydroxylation is 2. The van der Waals surface area contributed by atoms with E-state index in [2.05, 4.69) is 98.0 Å². The van der Waals surface area contributed by atoms with Gasteiger partial charge in [-0.25, -0.2) is 4.57 Å². The molecule has 2 nitrogen and oxygen atoms in total. The lowest BCUT2D eigenvalue weighted by Gasteiger charge is -2.22. The Morgan fingerprint density at radius 2 is 1.56 bits per heavy atom. The van der Waals surface area contributed by atoms with Crippen LogP contribution in [0.25, 0.3) is 33.3 Å². The Morgan fingerprint density at radius 1 is 0.815 bits per heavy atom. The smallest absolute Gasteiger partial charge is 0.232 e. The van der Waals surface area contributed by atoms with Crippen molar-refractivity contribution in [1.82, 2.24) is 4.98 Å². The molecule has 0 bridgehead atoms. The highest BCUT2D eigenvalue weighted by Gasteiger charge is 2.36. The van der Waals surface area contributed by atoms with Crippen LogP contribution in [0.2, 0.25) is 0 Å². The van der Waals surface area contributed by atoms with Gasteiger partial charge in [0.1, 0.15) is 5.69 Å². The monoisotopic (exact) mass is 351 g/mol. The molecule has 0 amide bonds. The number of para-hydroxylation sites is 1. The fourth-order valence-corrected chi connectivity index (χ4v) is 4.63. The SMILES string of the molecule is Cc1cc2c(cc1-c1c3ccccc3nc[n+]1C)C(C)(C)c1ccccc1-2. The van der Waals surface area contributed by atoms with Crippen molar-refractivity contribution in [3.8, 4) is 22.4 Å². The van der Waals surface area contributed by atoms with Gasteiger partial charge < -0.3 is 0 Å². The summed E-state index contributed by atoms with van der Waals surface area (Å²) in [6, 6.07) is 22.0. The molecule has 3 aromatic carbocycles. The van der Waals surface area contributed by atoms with E-state index < -0.39 is 0 Å². The van der Waals surface area contributed by atoms with Crippen LogP contribution in [0, 0.1) is 6.92 Å². The average Bonchev–Trinajstić information content (AvgIpc) is 2.89. The summed E-state index contributed by atoms with van der Waals surface area (Å²) in [7, 11) is 2.08. The van der Waals surface area contributed by atoms with E-state index in [1.165, 1.54) is 44.5 Å². The number of fused-ring (bicyclic) bond motifs is 4. The first-order valence-electron chi connectivity index (χ1n) is 9.47. The molecule has 2 heteroatoms. The second kappa shape index (κ2) is 5.50. The molecule has 0 unspecified atom stereocenters. The van der Waals surface area contributed by atoms with Gasteiger partial charge in [-0.05, 0) is 57.9 Å². The minimum Gasteiger partial charge on any atom is -0.232 e. The second-order valence-electron chi connectivity index (χ2n) is 8.10. The Morgan fingerprint density at radius 3 is 2.41 bits per heavy atom. The molecule has 0 N–H and O–H groups in total. The first-order chi connectivity index (χ1) is 13.0. The van der Waals surface area contributed by atoms with E-state index in [9.17, 15) is 0 Å². The van der Waals surface area contributed by atoms with Crippen LogP contribution in [0.15, 0.2) is 67.0 Å². The van der Waals surface area contributed by atoms with Crippen molar-refractivity contribution in [2.45, 2.75) is 26.2 Å². The number of hydrogen-bond donors (Lipinski definition) is 0. The average molecular weight is 351 g/mol. The quantitative estimate of drug-likeness (QED) is 0.423. The Kier molecular flexibility index (Phi) is 3.30. The molecule has 132 valence electrons. The third kappa shape index (κ3) is 2.19. The van der Waals surface area contributed by atoms with Crippen molar-refractivity contribution in [2.75, 3.05) is 0 Å². The molecule has 0 radical (unpaired) electrons. The highest BCUT2D eigenvalue weighted by atomic mass is 15.0. The maximum Gasteiger partial charge on any atom is 0.287 e. The fraction of sp³-hybridized carbons (Fsp3) is 0.200. The molecule has 0 atom stereocenters. The van der Waals surface area contributed by atoms with E-state index in [-0.39, 0.29) is 5.41 Å². The van der Waals surface area contributed by atoms with Gasteiger partial charge in [0.05, 0.1) is 12.4 Å². The lowest BCUT2D eigenvalue weighted by atomic mass is 9.81. The molecule has 1 heterocycles. The van der Waals surface area contributed by atoms with Crippen LogP contribution in [0.4, 0.5) is 0 Å². The molecular weight excluding hydrogens is 328 g/mol. The zero-order valence-corrected chi connectivity index (χ0v) is 16.2. The zero-order chi connectivity index (χ0) is 18.8. The topological polar surface area (TPSA) is 16.8 Å². The standard InChI is InChI=1S/C25H23N2/c1-16-13-20-17-9-5-7-11-21(17)25(2,3)22(20)14-19(16)24-18-10-6-8-12-23(18)26-15-27(24)4/h5-15H,1-4H3/q+1. The van der Waals surface area contributed by atoms with Gasteiger partial charge in [-0.1, -0.05) is 56.3 Å². The Labute approximate surface area is 160 Å². The summed E-state index contributed by atoms with van der Waals surface area (Å²) < 4.78 is 2.14. The molecule has 0 fully saturated rings. The van der Waals surface area contributed by atoms with Crippen LogP contribution in [-0.2, 0) is 12.5 Å². The lowest BCUT2D eigenvalue weighted by molar-refractivity contribution is -0.662. The molecule has 5 rings (SSSR count). The van der Waals surface area contributed by atoms with Gasteiger partial charge in [0.2, 0.25) is 0 Å². The Bertz CT molecular complexity index is 1220. The van der Waals surface area contributed by atoms with Gasteiger partial charge in [-0.15, -0.1) is 0 Å². The van der Waals surface area contributed by atoms with E-state index >= 15 is 0 Å². The molecule has 27 heavy (non-hydrogen) atoms. The van der Waals surface area contributed by atoms with E-state index in [1.807, 2.05) is 6.33 Å². The van der Waals surface area contributed by atoms with Crippen LogP contribution < -0.4 is 4.57 Å². The Balaban J connectivity index is 1.84. The van der Waals surface area contributed by atoms with Crippen molar-refractivity contribution >= 4 is 10.9 Å². The molecule has 4 aromatic rings. The summed E-state index contributed by atoms with van der Waals surface area (Å²) in [6.45, 7) is 6.89. The number of nitrogens with zero attached hydrogens (tertiary/aromatic N) is 2. The van der Waals surface area contributed by atoms with Gasteiger partial charge in [-0.3, -0.25) is 0 Å². The minimum absolute atomic E-state index is 0.00970. The molecule has 1 aliphatic rings. The van der Waals surface area contributed by atoms with Crippen LogP contribution in [0.5, 0.6) is 0 Å². The normalized spacial score (nSPS) is 14.2. The van der Waals surface area contributed by atoms with Crippen molar-refractivity contribution in [2.24, 2.45) is 7.05 Å². The van der Waals surface area contributed by atoms with Crippen molar-refractivity contribution in [3.05, 3.63) is 83.7 Å². The van der Waals surface area contributed by atoms with Gasteiger partial charge >= 0.3 is 0 Å². The van der Waals surface area contributed by atoms with E-state index in [0.717, 1.165) is 5.52 Å². The molecule has 1 aromatic heterocycles. The maximum atomic E-state index is 4.59. The molecule has 0 saturated carbocycles. The number of hydrogen-bond acceptors (Lipinski definition) is 1. The van der Waals surface area contributed by atoms with Crippen LogP contribution in [-0.4, -0.2) is 4.98 Å². The summed E-state index contributed by atoms with van der Waals surface area (Å²) in [5.41, 5.74) is 10.4. The van der Waals surface area contributed by atoms with Gasteiger partial charge in [-0.2, -0.15) is 0 Å². The minimum atomic E-state index is 0.00970. The van der Waals surface area contributed by atoms with Gasteiger partial charge in [0.25, 0.3) is 6.33 Å². The molecule has 0 aliphatic heterocycles. The number of benzene rings is 3. The molecule has 0 saturated heterocycles. The highest BCUT2D eigenvalue weighted by Crippen LogP contribution is 2.50. The number of rotatable bonds is 1. The molecule has 0 spiro atoms. The van der Waals surface area contributed by atoms with Gasteiger partial charge in [0.15, 0.2) is 5.52 Å². The summed E-state index contributed by atoms with van der Waals surface area (Å²) in [4.78, 5) is 4.59. The fourth-order valence-electron chi connectivity index (χ4n) is 4.63. The van der Waals surface area contributed by atoms with Crippen LogP contribution in [0.3, 0.4) is 0 Å². The second-order valence-corrected chi connectivity index (χ2v) is 8.10. The Hall–Kier alpha value is -3.00.